The van der Waals surface area contributed by atoms with Gasteiger partial charge in [-0.15, -0.1) is 0 Å². The van der Waals surface area contributed by atoms with Crippen molar-refractivity contribution in [3.63, 3.8) is 0 Å². The van der Waals surface area contributed by atoms with Gasteiger partial charge in [-0.05, 0) is 81.1 Å². The van der Waals surface area contributed by atoms with E-state index in [1.807, 2.05) is 51.1 Å². The Hall–Kier alpha value is -3.78. The summed E-state index contributed by atoms with van der Waals surface area (Å²) in [6.45, 7) is 12.2. The lowest BCUT2D eigenvalue weighted by Crippen LogP contribution is -2.33. The highest BCUT2D eigenvalue weighted by atomic mass is 16.5. The van der Waals surface area contributed by atoms with Crippen molar-refractivity contribution in [1.82, 2.24) is 9.88 Å². The standard InChI is InChI=1S/C31H41N5O3/c1-7-25(39-31-21(4)10-9-15-34-31)19-36(6)18-24-16-23(12-11-20(24)3)27(17-29(37)38)26-13-14-28(33-8-2)30(35-32)22(26)5/h9-16,25,27,32-33H,7-8,17-19H2,1-6H3,(H,37,38). The van der Waals surface area contributed by atoms with Crippen molar-refractivity contribution in [1.29, 1.82) is 5.53 Å². The molecule has 208 valence electrons. The monoisotopic (exact) mass is 531 g/mol. The maximum Gasteiger partial charge on any atom is 0.304 e. The molecule has 8 nitrogen and oxygen atoms in total. The summed E-state index contributed by atoms with van der Waals surface area (Å²) in [5.74, 6) is -0.560. The normalized spacial score (nSPS) is 12.7. The lowest BCUT2D eigenvalue weighted by molar-refractivity contribution is -0.137. The molecule has 0 amide bonds. The molecule has 39 heavy (non-hydrogen) atoms. The lowest BCUT2D eigenvalue weighted by Gasteiger charge is -2.26. The molecule has 0 spiro atoms. The van der Waals surface area contributed by atoms with E-state index in [2.05, 4.69) is 53.3 Å². The number of anilines is 1. The minimum atomic E-state index is -0.869. The number of carbonyl (C=O) groups is 1. The molecule has 0 saturated heterocycles. The van der Waals surface area contributed by atoms with Gasteiger partial charge in [0.25, 0.3) is 0 Å². The van der Waals surface area contributed by atoms with Gasteiger partial charge in [-0.1, -0.05) is 37.3 Å². The van der Waals surface area contributed by atoms with E-state index in [9.17, 15) is 9.90 Å². The van der Waals surface area contributed by atoms with Crippen molar-refractivity contribution >= 4 is 17.3 Å². The molecule has 0 fully saturated rings. The van der Waals surface area contributed by atoms with Gasteiger partial charge in [0.15, 0.2) is 0 Å². The number of pyridine rings is 1. The third kappa shape index (κ3) is 7.63. The van der Waals surface area contributed by atoms with Crippen LogP contribution in [0.1, 0.15) is 66.0 Å². The van der Waals surface area contributed by atoms with Crippen LogP contribution in [0.2, 0.25) is 0 Å². The number of ether oxygens (including phenoxy) is 1. The topological polar surface area (TPSA) is 111 Å². The van der Waals surface area contributed by atoms with Crippen molar-refractivity contribution in [3.05, 3.63) is 82.0 Å². The van der Waals surface area contributed by atoms with E-state index < -0.39 is 5.97 Å². The summed E-state index contributed by atoms with van der Waals surface area (Å²) < 4.78 is 6.21. The molecule has 2 unspecified atom stereocenters. The summed E-state index contributed by atoms with van der Waals surface area (Å²) in [5, 5.41) is 16.8. The highest BCUT2D eigenvalue weighted by Gasteiger charge is 2.23. The predicted molar refractivity (Wildman–Crippen MR) is 155 cm³/mol. The maximum atomic E-state index is 11.9. The third-order valence-corrected chi connectivity index (χ3v) is 7.13. The summed E-state index contributed by atoms with van der Waals surface area (Å²) in [4.78, 5) is 18.6. The Balaban J connectivity index is 1.87. The Morgan fingerprint density at radius 3 is 2.56 bits per heavy atom. The second-order valence-corrected chi connectivity index (χ2v) is 10.1. The first-order valence-electron chi connectivity index (χ1n) is 13.5. The molecule has 2 atom stereocenters. The van der Waals surface area contributed by atoms with Crippen LogP contribution in [-0.4, -0.2) is 47.2 Å². The third-order valence-electron chi connectivity index (χ3n) is 7.13. The smallest absolute Gasteiger partial charge is 0.304 e. The van der Waals surface area contributed by atoms with Crippen LogP contribution in [0.3, 0.4) is 0 Å². The summed E-state index contributed by atoms with van der Waals surface area (Å²) in [5.41, 5.74) is 15.0. The molecule has 0 bridgehead atoms. The Labute approximate surface area is 231 Å². The summed E-state index contributed by atoms with van der Waals surface area (Å²) in [6, 6.07) is 14.0. The van der Waals surface area contributed by atoms with Gasteiger partial charge in [-0.2, -0.15) is 5.11 Å². The van der Waals surface area contributed by atoms with E-state index in [1.54, 1.807) is 6.20 Å². The van der Waals surface area contributed by atoms with Gasteiger partial charge in [0, 0.05) is 37.3 Å². The molecule has 0 aliphatic rings. The average molecular weight is 532 g/mol. The van der Waals surface area contributed by atoms with Crippen molar-refractivity contribution in [2.75, 3.05) is 25.5 Å². The fourth-order valence-corrected chi connectivity index (χ4v) is 4.94. The zero-order valence-electron chi connectivity index (χ0n) is 23.9. The number of hydrogen-bond acceptors (Lipinski definition) is 7. The van der Waals surface area contributed by atoms with Crippen molar-refractivity contribution in [3.8, 4) is 5.88 Å². The zero-order chi connectivity index (χ0) is 28.5. The number of hydrogen-bond donors (Lipinski definition) is 3. The first kappa shape index (κ1) is 29.8. The number of rotatable bonds is 14. The number of aliphatic carboxylic acids is 1. The Bertz CT molecular complexity index is 1290. The van der Waals surface area contributed by atoms with Crippen molar-refractivity contribution in [2.24, 2.45) is 5.11 Å². The number of nitrogens with zero attached hydrogens (tertiary/aromatic N) is 3. The molecule has 0 aliphatic carbocycles. The molecule has 3 aromatic rings. The number of aromatic nitrogens is 1. The largest absolute Gasteiger partial charge is 0.481 e. The predicted octanol–water partition coefficient (Wildman–Crippen LogP) is 7.00. The molecule has 2 aromatic carbocycles. The van der Waals surface area contributed by atoms with Gasteiger partial charge in [0.2, 0.25) is 5.88 Å². The molecule has 0 radical (unpaired) electrons. The van der Waals surface area contributed by atoms with Crippen molar-refractivity contribution < 1.29 is 14.6 Å². The van der Waals surface area contributed by atoms with Gasteiger partial charge < -0.3 is 15.2 Å². The number of nitrogens with one attached hydrogen (secondary N) is 2. The molecule has 3 rings (SSSR count). The fourth-order valence-electron chi connectivity index (χ4n) is 4.94. The first-order chi connectivity index (χ1) is 18.7. The molecular weight excluding hydrogens is 490 g/mol. The van der Waals surface area contributed by atoms with Crippen LogP contribution in [0.15, 0.2) is 53.8 Å². The SMILES string of the molecule is CCNc1ccc(C(CC(=O)O)c2ccc(C)c(CN(C)CC(CC)Oc3ncccc3C)c2)c(C)c1N=N. The van der Waals surface area contributed by atoms with Gasteiger partial charge >= 0.3 is 5.97 Å². The Morgan fingerprint density at radius 2 is 1.92 bits per heavy atom. The Morgan fingerprint density at radius 1 is 1.15 bits per heavy atom. The van der Waals surface area contributed by atoms with E-state index in [4.69, 9.17) is 10.3 Å². The summed E-state index contributed by atoms with van der Waals surface area (Å²) >= 11 is 0. The molecule has 1 aromatic heterocycles. The highest BCUT2D eigenvalue weighted by Crippen LogP contribution is 2.39. The van der Waals surface area contributed by atoms with Crippen LogP contribution >= 0.6 is 0 Å². The number of likely N-dealkylation sites (N-methyl/N-ethyl adjacent to an activating group) is 1. The van der Waals surface area contributed by atoms with Crippen LogP contribution in [0.25, 0.3) is 0 Å². The lowest BCUT2D eigenvalue weighted by atomic mass is 9.84. The first-order valence-corrected chi connectivity index (χ1v) is 13.5. The van der Waals surface area contributed by atoms with Gasteiger partial charge in [-0.3, -0.25) is 9.69 Å². The van der Waals surface area contributed by atoms with E-state index in [0.29, 0.717) is 24.7 Å². The second kappa shape index (κ2) is 13.8. The number of aryl methyl sites for hydroxylation is 2. The van der Waals surface area contributed by atoms with Gasteiger partial charge in [-0.25, -0.2) is 10.5 Å². The van der Waals surface area contributed by atoms with Crippen molar-refractivity contribution in [2.45, 2.75) is 66.0 Å². The zero-order valence-corrected chi connectivity index (χ0v) is 23.9. The molecule has 8 heteroatoms. The molecule has 0 saturated carbocycles. The fraction of sp³-hybridized carbons (Fsp3) is 0.419. The summed E-state index contributed by atoms with van der Waals surface area (Å²) in [6.07, 6.45) is 2.55. The van der Waals surface area contributed by atoms with E-state index in [1.165, 1.54) is 0 Å². The van der Waals surface area contributed by atoms with E-state index >= 15 is 0 Å². The Kier molecular flexibility index (Phi) is 10.6. The molecule has 3 N–H and O–H groups in total. The number of benzene rings is 2. The highest BCUT2D eigenvalue weighted by molar-refractivity contribution is 5.73. The molecule has 0 aliphatic heterocycles. The van der Waals surface area contributed by atoms with Crippen LogP contribution in [-0.2, 0) is 11.3 Å². The van der Waals surface area contributed by atoms with Crippen LogP contribution in [0, 0.1) is 26.3 Å². The molecular formula is C31H41N5O3. The van der Waals surface area contributed by atoms with Gasteiger partial charge in [0.05, 0.1) is 12.1 Å². The van der Waals surface area contributed by atoms with Gasteiger partial charge in [0.1, 0.15) is 11.8 Å². The number of carboxylic acids is 1. The summed E-state index contributed by atoms with van der Waals surface area (Å²) in [7, 11) is 2.07. The second-order valence-electron chi connectivity index (χ2n) is 10.1. The van der Waals surface area contributed by atoms with Crippen LogP contribution in [0.5, 0.6) is 5.88 Å². The van der Waals surface area contributed by atoms with Crippen LogP contribution in [0.4, 0.5) is 11.4 Å². The van der Waals surface area contributed by atoms with Crippen LogP contribution < -0.4 is 10.1 Å². The minimum Gasteiger partial charge on any atom is -0.481 e. The quantitative estimate of drug-likeness (QED) is 0.193. The molecule has 1 heterocycles. The van der Waals surface area contributed by atoms with E-state index in [0.717, 1.165) is 52.0 Å². The average Bonchev–Trinajstić information content (AvgIpc) is 2.90. The van der Waals surface area contributed by atoms with E-state index in [-0.39, 0.29) is 18.4 Å². The minimum absolute atomic E-state index is 0.00298. The maximum absolute atomic E-state index is 11.9. The number of carboxylic acid groups (broad SMARTS) is 1.